The van der Waals surface area contributed by atoms with E-state index < -0.39 is 11.9 Å². The zero-order valence-electron chi connectivity index (χ0n) is 8.48. The van der Waals surface area contributed by atoms with Crippen molar-refractivity contribution < 1.29 is 9.59 Å². The second-order valence-electron chi connectivity index (χ2n) is 3.70. The standard InChI is InChI=1S/C10H11BrN2O2S/c11-8-4-6(5-16-8)10(15)13-3-1-2-7(13)9(12)14/h4-5,7H,1-3H2,(H2,12,14). The van der Waals surface area contributed by atoms with Crippen LogP contribution < -0.4 is 5.73 Å². The highest BCUT2D eigenvalue weighted by Crippen LogP contribution is 2.25. The van der Waals surface area contributed by atoms with Gasteiger partial charge in [-0.1, -0.05) is 0 Å². The first-order valence-corrected chi connectivity index (χ1v) is 6.61. The van der Waals surface area contributed by atoms with E-state index >= 15 is 0 Å². The summed E-state index contributed by atoms with van der Waals surface area (Å²) in [4.78, 5) is 24.8. The summed E-state index contributed by atoms with van der Waals surface area (Å²) in [5.74, 6) is -0.525. The second kappa shape index (κ2) is 4.55. The van der Waals surface area contributed by atoms with Gasteiger partial charge in [0.1, 0.15) is 6.04 Å². The molecule has 1 unspecified atom stereocenters. The molecule has 16 heavy (non-hydrogen) atoms. The van der Waals surface area contributed by atoms with Gasteiger partial charge in [-0.25, -0.2) is 0 Å². The van der Waals surface area contributed by atoms with Gasteiger partial charge in [0.25, 0.3) is 5.91 Å². The molecule has 1 aromatic rings. The highest BCUT2D eigenvalue weighted by molar-refractivity contribution is 9.11. The van der Waals surface area contributed by atoms with Crippen LogP contribution >= 0.6 is 27.3 Å². The summed E-state index contributed by atoms with van der Waals surface area (Å²) in [5.41, 5.74) is 5.89. The first-order chi connectivity index (χ1) is 7.59. The molecule has 2 amide bonds. The van der Waals surface area contributed by atoms with Crippen molar-refractivity contribution in [1.29, 1.82) is 0 Å². The molecule has 0 bridgehead atoms. The number of halogens is 1. The number of carbonyl (C=O) groups is 2. The largest absolute Gasteiger partial charge is 0.368 e. The molecule has 1 fully saturated rings. The van der Waals surface area contributed by atoms with Crippen molar-refractivity contribution in [2.24, 2.45) is 5.73 Å². The van der Waals surface area contributed by atoms with Crippen molar-refractivity contribution in [3.63, 3.8) is 0 Å². The fourth-order valence-electron chi connectivity index (χ4n) is 1.89. The van der Waals surface area contributed by atoms with E-state index in [0.717, 1.165) is 10.2 Å². The van der Waals surface area contributed by atoms with Crippen molar-refractivity contribution in [1.82, 2.24) is 4.90 Å². The average molecular weight is 303 g/mol. The molecule has 0 spiro atoms. The van der Waals surface area contributed by atoms with Crippen molar-refractivity contribution in [3.05, 3.63) is 20.8 Å². The van der Waals surface area contributed by atoms with Gasteiger partial charge in [-0.15, -0.1) is 11.3 Å². The Bertz CT molecular complexity index is 432. The molecule has 0 saturated carbocycles. The van der Waals surface area contributed by atoms with Crippen molar-refractivity contribution >= 4 is 39.1 Å². The molecule has 1 atom stereocenters. The van der Waals surface area contributed by atoms with Gasteiger partial charge in [0, 0.05) is 11.9 Å². The average Bonchev–Trinajstić information content (AvgIpc) is 2.84. The Balaban J connectivity index is 2.18. The fraction of sp³-hybridized carbons (Fsp3) is 0.400. The van der Waals surface area contributed by atoms with Gasteiger partial charge in [-0.05, 0) is 34.8 Å². The lowest BCUT2D eigenvalue weighted by molar-refractivity contribution is -0.121. The number of hydrogen-bond donors (Lipinski definition) is 1. The minimum absolute atomic E-state index is 0.108. The number of amides is 2. The van der Waals surface area contributed by atoms with E-state index in [-0.39, 0.29) is 5.91 Å². The number of nitrogens with zero attached hydrogens (tertiary/aromatic N) is 1. The number of nitrogens with two attached hydrogens (primary N) is 1. The maximum atomic E-state index is 12.1. The van der Waals surface area contributed by atoms with Crippen LogP contribution in [0.3, 0.4) is 0 Å². The summed E-state index contributed by atoms with van der Waals surface area (Å²) in [6.45, 7) is 0.611. The quantitative estimate of drug-likeness (QED) is 0.902. The number of rotatable bonds is 2. The number of likely N-dealkylation sites (tertiary alicyclic amines) is 1. The van der Waals surface area contributed by atoms with E-state index in [1.807, 2.05) is 0 Å². The third-order valence-electron chi connectivity index (χ3n) is 2.66. The van der Waals surface area contributed by atoms with E-state index in [1.165, 1.54) is 11.3 Å². The topological polar surface area (TPSA) is 63.4 Å². The van der Waals surface area contributed by atoms with Gasteiger partial charge >= 0.3 is 0 Å². The van der Waals surface area contributed by atoms with Gasteiger partial charge in [0.2, 0.25) is 5.91 Å². The normalized spacial score (nSPS) is 20.1. The summed E-state index contributed by atoms with van der Waals surface area (Å²) < 4.78 is 0.908. The minimum atomic E-state index is -0.439. The molecular weight excluding hydrogens is 292 g/mol. The summed E-state index contributed by atoms with van der Waals surface area (Å²) in [7, 11) is 0. The van der Waals surface area contributed by atoms with E-state index in [0.29, 0.717) is 18.5 Å². The van der Waals surface area contributed by atoms with Crippen LogP contribution in [0.15, 0.2) is 15.2 Å². The van der Waals surface area contributed by atoms with Crippen LogP contribution in [0, 0.1) is 0 Å². The molecular formula is C10H11BrN2O2S. The minimum Gasteiger partial charge on any atom is -0.368 e. The lowest BCUT2D eigenvalue weighted by atomic mass is 10.2. The molecule has 4 nitrogen and oxygen atoms in total. The molecule has 2 rings (SSSR count). The third kappa shape index (κ3) is 2.12. The molecule has 6 heteroatoms. The lowest BCUT2D eigenvalue weighted by Gasteiger charge is -2.21. The molecule has 1 saturated heterocycles. The zero-order chi connectivity index (χ0) is 11.7. The first-order valence-electron chi connectivity index (χ1n) is 4.94. The SMILES string of the molecule is NC(=O)C1CCCN1C(=O)c1csc(Br)c1. The van der Waals surface area contributed by atoms with Gasteiger partial charge in [0.15, 0.2) is 0 Å². The monoisotopic (exact) mass is 302 g/mol. The van der Waals surface area contributed by atoms with Gasteiger partial charge in [-0.3, -0.25) is 9.59 Å². The first kappa shape index (κ1) is 11.6. The number of hydrogen-bond acceptors (Lipinski definition) is 3. The zero-order valence-corrected chi connectivity index (χ0v) is 10.9. The van der Waals surface area contributed by atoms with Crippen LogP contribution in [0.25, 0.3) is 0 Å². The summed E-state index contributed by atoms with van der Waals surface area (Å²) in [6.07, 6.45) is 1.51. The molecule has 2 heterocycles. The van der Waals surface area contributed by atoms with Crippen LogP contribution in [0.5, 0.6) is 0 Å². The van der Waals surface area contributed by atoms with Crippen LogP contribution in [0.2, 0.25) is 0 Å². The Morgan fingerprint density at radius 1 is 1.56 bits per heavy atom. The second-order valence-corrected chi connectivity index (χ2v) is 5.99. The molecule has 0 aromatic carbocycles. The summed E-state index contributed by atoms with van der Waals surface area (Å²) in [5, 5.41) is 1.78. The van der Waals surface area contributed by atoms with Gasteiger partial charge < -0.3 is 10.6 Å². The third-order valence-corrected chi connectivity index (χ3v) is 4.16. The van der Waals surface area contributed by atoms with Gasteiger partial charge in [-0.2, -0.15) is 0 Å². The van der Waals surface area contributed by atoms with E-state index in [4.69, 9.17) is 5.73 Å². The Hall–Kier alpha value is -0.880. The molecule has 0 aliphatic carbocycles. The van der Waals surface area contributed by atoms with Crippen LogP contribution in [0.4, 0.5) is 0 Å². The molecule has 2 N–H and O–H groups in total. The highest BCUT2D eigenvalue weighted by Gasteiger charge is 2.33. The maximum Gasteiger partial charge on any atom is 0.255 e. The van der Waals surface area contributed by atoms with E-state index in [9.17, 15) is 9.59 Å². The predicted molar refractivity (Wildman–Crippen MR) is 65.3 cm³/mol. The van der Waals surface area contributed by atoms with Crippen LogP contribution in [-0.4, -0.2) is 29.3 Å². The molecule has 1 aliphatic rings. The smallest absolute Gasteiger partial charge is 0.255 e. The van der Waals surface area contributed by atoms with Crippen molar-refractivity contribution in [2.45, 2.75) is 18.9 Å². The Labute approximate surface area is 106 Å². The Morgan fingerprint density at radius 2 is 2.31 bits per heavy atom. The van der Waals surface area contributed by atoms with E-state index in [2.05, 4.69) is 15.9 Å². The summed E-state index contributed by atoms with van der Waals surface area (Å²) in [6, 6.07) is 1.33. The van der Waals surface area contributed by atoms with Crippen molar-refractivity contribution in [2.75, 3.05) is 6.54 Å². The molecule has 0 radical (unpaired) electrons. The fourth-order valence-corrected chi connectivity index (χ4v) is 3.02. The van der Waals surface area contributed by atoms with Crippen molar-refractivity contribution in [3.8, 4) is 0 Å². The number of primary amides is 1. The Morgan fingerprint density at radius 3 is 2.88 bits per heavy atom. The molecule has 1 aliphatic heterocycles. The highest BCUT2D eigenvalue weighted by atomic mass is 79.9. The molecule has 1 aromatic heterocycles. The lowest BCUT2D eigenvalue weighted by Crippen LogP contribution is -2.43. The van der Waals surface area contributed by atoms with Crippen LogP contribution in [0.1, 0.15) is 23.2 Å². The number of carbonyl (C=O) groups excluding carboxylic acids is 2. The maximum absolute atomic E-state index is 12.1. The van der Waals surface area contributed by atoms with Gasteiger partial charge in [0.05, 0.1) is 9.35 Å². The van der Waals surface area contributed by atoms with E-state index in [1.54, 1.807) is 16.3 Å². The number of thiophene rings is 1. The predicted octanol–water partition coefficient (Wildman–Crippen LogP) is 1.60. The summed E-state index contributed by atoms with van der Waals surface area (Å²) >= 11 is 4.76. The molecule has 86 valence electrons. The van der Waals surface area contributed by atoms with Crippen LogP contribution in [-0.2, 0) is 4.79 Å². The Kier molecular flexibility index (Phi) is 3.30.